The van der Waals surface area contributed by atoms with Gasteiger partial charge in [0.2, 0.25) is 5.91 Å². The van der Waals surface area contributed by atoms with Crippen LogP contribution < -0.4 is 10.1 Å². The summed E-state index contributed by atoms with van der Waals surface area (Å²) in [6, 6.07) is 5.20. The van der Waals surface area contributed by atoms with Gasteiger partial charge in [0.05, 0.1) is 29.4 Å². The van der Waals surface area contributed by atoms with Gasteiger partial charge in [-0.2, -0.15) is 0 Å². The molecule has 1 aromatic carbocycles. The quantitative estimate of drug-likeness (QED) is 0.716. The summed E-state index contributed by atoms with van der Waals surface area (Å²) in [5, 5.41) is 3.44. The molecule has 0 aliphatic carbocycles. The maximum absolute atomic E-state index is 12.0. The minimum Gasteiger partial charge on any atom is -0.494 e. The largest absolute Gasteiger partial charge is 0.494 e. The van der Waals surface area contributed by atoms with Crippen LogP contribution in [0.5, 0.6) is 5.75 Å². The molecule has 1 amide bonds. The smallest absolute Gasteiger partial charge is 0.231 e. The lowest BCUT2D eigenvalue weighted by atomic mass is 10.0. The average molecular weight is 349 g/mol. The molecule has 130 valence electrons. The van der Waals surface area contributed by atoms with Gasteiger partial charge in [0.25, 0.3) is 0 Å². The van der Waals surface area contributed by atoms with E-state index >= 15 is 0 Å². The maximum Gasteiger partial charge on any atom is 0.231 e. The van der Waals surface area contributed by atoms with Gasteiger partial charge in [-0.3, -0.25) is 9.59 Å². The standard InChI is InChI=1S/C17H23N3O3S/c1-5-23-12-6-7-13-14(8-12)19-17(18-13)24-9-15(22)20-16(10(2)3)11(4)21/h6-8,10,16H,5,9H2,1-4H3,(H,18,19)(H,20,22). The molecule has 6 nitrogen and oxygen atoms in total. The van der Waals surface area contributed by atoms with Crippen LogP contribution in [0.2, 0.25) is 0 Å². The molecule has 0 fully saturated rings. The Kier molecular flexibility index (Phi) is 6.25. The Bertz CT molecular complexity index is 727. The molecule has 0 radical (unpaired) electrons. The van der Waals surface area contributed by atoms with E-state index < -0.39 is 6.04 Å². The number of aromatic nitrogens is 2. The van der Waals surface area contributed by atoms with Crippen molar-refractivity contribution in [3.63, 3.8) is 0 Å². The van der Waals surface area contributed by atoms with E-state index in [0.717, 1.165) is 16.8 Å². The van der Waals surface area contributed by atoms with Gasteiger partial charge >= 0.3 is 0 Å². The van der Waals surface area contributed by atoms with Crippen molar-refractivity contribution >= 4 is 34.5 Å². The first-order valence-corrected chi connectivity index (χ1v) is 8.94. The summed E-state index contributed by atoms with van der Waals surface area (Å²) in [5.41, 5.74) is 1.69. The second kappa shape index (κ2) is 8.19. The molecule has 1 aromatic heterocycles. The fourth-order valence-corrected chi connectivity index (χ4v) is 3.07. The second-order valence-electron chi connectivity index (χ2n) is 5.84. The van der Waals surface area contributed by atoms with E-state index in [2.05, 4.69) is 15.3 Å². The number of imidazole rings is 1. The van der Waals surface area contributed by atoms with Gasteiger partial charge < -0.3 is 15.0 Å². The van der Waals surface area contributed by atoms with Crippen LogP contribution in [0.3, 0.4) is 0 Å². The Hall–Kier alpha value is -2.02. The predicted molar refractivity (Wildman–Crippen MR) is 95.4 cm³/mol. The molecule has 0 bridgehead atoms. The highest BCUT2D eigenvalue weighted by atomic mass is 32.2. The topological polar surface area (TPSA) is 84.1 Å². The minimum absolute atomic E-state index is 0.0319. The van der Waals surface area contributed by atoms with Gasteiger partial charge in [0, 0.05) is 6.07 Å². The predicted octanol–water partition coefficient (Wildman–Crippen LogP) is 2.78. The minimum atomic E-state index is -0.442. The molecular formula is C17H23N3O3S. The number of H-pyrrole nitrogens is 1. The number of amides is 1. The Morgan fingerprint density at radius 2 is 2.12 bits per heavy atom. The van der Waals surface area contributed by atoms with Gasteiger partial charge in [-0.25, -0.2) is 4.98 Å². The fourth-order valence-electron chi connectivity index (χ4n) is 2.38. The molecule has 24 heavy (non-hydrogen) atoms. The third-order valence-electron chi connectivity index (χ3n) is 3.50. The van der Waals surface area contributed by atoms with Gasteiger partial charge in [0.1, 0.15) is 5.75 Å². The molecule has 1 unspecified atom stereocenters. The number of hydrogen-bond donors (Lipinski definition) is 2. The molecule has 0 spiro atoms. The molecule has 0 saturated carbocycles. The number of nitrogens with zero attached hydrogens (tertiary/aromatic N) is 1. The van der Waals surface area contributed by atoms with Crippen LogP contribution in [-0.4, -0.2) is 40.1 Å². The van der Waals surface area contributed by atoms with Crippen LogP contribution in [0, 0.1) is 5.92 Å². The number of aromatic amines is 1. The summed E-state index contributed by atoms with van der Waals surface area (Å²) in [6.45, 7) is 7.85. The van der Waals surface area contributed by atoms with Crippen LogP contribution in [-0.2, 0) is 9.59 Å². The highest BCUT2D eigenvalue weighted by molar-refractivity contribution is 7.99. The summed E-state index contributed by atoms with van der Waals surface area (Å²) in [4.78, 5) is 31.2. The van der Waals surface area contributed by atoms with Gasteiger partial charge in [0.15, 0.2) is 10.9 Å². The molecule has 1 atom stereocenters. The lowest BCUT2D eigenvalue weighted by Gasteiger charge is -2.19. The van der Waals surface area contributed by atoms with Crippen LogP contribution in [0.15, 0.2) is 23.4 Å². The molecule has 2 aromatic rings. The zero-order valence-electron chi connectivity index (χ0n) is 14.4. The SMILES string of the molecule is CCOc1ccc2nc(SCC(=O)NC(C(C)=O)C(C)C)[nH]c2c1. The number of Topliss-reactive ketones (excluding diaryl/α,β-unsaturated/α-hetero) is 1. The summed E-state index contributed by atoms with van der Waals surface area (Å²) >= 11 is 1.31. The normalized spacial score (nSPS) is 12.4. The molecule has 7 heteroatoms. The van der Waals surface area contributed by atoms with E-state index in [4.69, 9.17) is 4.74 Å². The van der Waals surface area contributed by atoms with Crippen LogP contribution in [0.25, 0.3) is 11.0 Å². The number of ether oxygens (including phenoxy) is 1. The third kappa shape index (κ3) is 4.74. The van der Waals surface area contributed by atoms with Crippen LogP contribution >= 0.6 is 11.8 Å². The number of ketones is 1. The van der Waals surface area contributed by atoms with Crippen LogP contribution in [0.4, 0.5) is 0 Å². The summed E-state index contributed by atoms with van der Waals surface area (Å²) in [7, 11) is 0. The number of thioether (sulfide) groups is 1. The van der Waals surface area contributed by atoms with Crippen molar-refractivity contribution in [2.75, 3.05) is 12.4 Å². The number of rotatable bonds is 8. The lowest BCUT2D eigenvalue weighted by Crippen LogP contribution is -2.44. The van der Waals surface area contributed by atoms with E-state index in [0.29, 0.717) is 11.8 Å². The molecule has 2 N–H and O–H groups in total. The molecular weight excluding hydrogens is 326 g/mol. The first-order chi connectivity index (χ1) is 11.4. The van der Waals surface area contributed by atoms with Crippen molar-refractivity contribution in [1.29, 1.82) is 0 Å². The second-order valence-corrected chi connectivity index (χ2v) is 6.81. The van der Waals surface area contributed by atoms with Crippen molar-refractivity contribution in [1.82, 2.24) is 15.3 Å². The van der Waals surface area contributed by atoms with Gasteiger partial charge in [-0.15, -0.1) is 0 Å². The lowest BCUT2D eigenvalue weighted by molar-refractivity contribution is -0.126. The number of nitrogens with one attached hydrogen (secondary N) is 2. The zero-order valence-corrected chi connectivity index (χ0v) is 15.2. The van der Waals surface area contributed by atoms with Crippen molar-refractivity contribution in [2.45, 2.75) is 38.9 Å². The van der Waals surface area contributed by atoms with Crippen molar-refractivity contribution < 1.29 is 14.3 Å². The number of fused-ring (bicyclic) bond motifs is 1. The molecule has 0 aliphatic heterocycles. The Labute approximate surface area is 145 Å². The van der Waals surface area contributed by atoms with Crippen molar-refractivity contribution in [3.05, 3.63) is 18.2 Å². The summed E-state index contributed by atoms with van der Waals surface area (Å²) in [6.07, 6.45) is 0. The molecule has 0 aliphatic rings. The first-order valence-electron chi connectivity index (χ1n) is 7.96. The summed E-state index contributed by atoms with van der Waals surface area (Å²) < 4.78 is 5.46. The molecule has 1 heterocycles. The number of hydrogen-bond acceptors (Lipinski definition) is 5. The van der Waals surface area contributed by atoms with E-state index in [1.54, 1.807) is 0 Å². The third-order valence-corrected chi connectivity index (χ3v) is 4.38. The Morgan fingerprint density at radius 1 is 1.38 bits per heavy atom. The number of carbonyl (C=O) groups excluding carboxylic acids is 2. The van der Waals surface area contributed by atoms with Crippen molar-refractivity contribution in [3.8, 4) is 5.75 Å². The highest BCUT2D eigenvalue weighted by Gasteiger charge is 2.20. The first kappa shape index (κ1) is 18.3. The molecule has 2 rings (SSSR count). The van der Waals surface area contributed by atoms with Gasteiger partial charge in [-0.1, -0.05) is 25.6 Å². The van der Waals surface area contributed by atoms with E-state index in [1.807, 2.05) is 39.0 Å². The Morgan fingerprint density at radius 3 is 2.75 bits per heavy atom. The van der Waals surface area contributed by atoms with E-state index in [1.165, 1.54) is 18.7 Å². The molecule has 0 saturated heterocycles. The summed E-state index contributed by atoms with van der Waals surface area (Å²) in [5.74, 6) is 0.845. The number of carbonyl (C=O) groups is 2. The monoisotopic (exact) mass is 349 g/mol. The Balaban J connectivity index is 1.97. The number of benzene rings is 1. The van der Waals surface area contributed by atoms with E-state index in [-0.39, 0.29) is 23.4 Å². The van der Waals surface area contributed by atoms with Gasteiger partial charge in [-0.05, 0) is 31.9 Å². The van der Waals surface area contributed by atoms with E-state index in [9.17, 15) is 9.59 Å². The van der Waals surface area contributed by atoms with Crippen molar-refractivity contribution in [2.24, 2.45) is 5.92 Å². The zero-order chi connectivity index (χ0) is 17.7. The highest BCUT2D eigenvalue weighted by Crippen LogP contribution is 2.23. The van der Waals surface area contributed by atoms with Crippen LogP contribution in [0.1, 0.15) is 27.7 Å². The maximum atomic E-state index is 12.0. The average Bonchev–Trinajstić information content (AvgIpc) is 2.92. The fraction of sp³-hybridized carbons (Fsp3) is 0.471.